The van der Waals surface area contributed by atoms with Crippen molar-refractivity contribution in [2.24, 2.45) is 0 Å². The zero-order chi connectivity index (χ0) is 11.7. The highest BCUT2D eigenvalue weighted by atomic mass is 16.1. The second kappa shape index (κ2) is 4.06. The van der Waals surface area contributed by atoms with E-state index in [-0.39, 0.29) is 11.7 Å². The number of rotatable bonds is 3. The molecule has 0 aliphatic carbocycles. The van der Waals surface area contributed by atoms with Crippen LogP contribution in [0.1, 0.15) is 15.9 Å². The van der Waals surface area contributed by atoms with Crippen molar-refractivity contribution in [1.82, 2.24) is 4.90 Å². The highest BCUT2D eigenvalue weighted by Crippen LogP contribution is 2.23. The molecule has 0 unspecified atom stereocenters. The molecular weight excluding hydrogens is 204 g/mol. The first-order chi connectivity index (χ1) is 7.56. The molecule has 0 bridgehead atoms. The SMILES string of the molecule is CN(C)CC(=O)c1ccc2c(c1)CC(=O)N2. The van der Waals surface area contributed by atoms with Crippen molar-refractivity contribution in [3.05, 3.63) is 29.3 Å². The van der Waals surface area contributed by atoms with Crippen molar-refractivity contribution in [1.29, 1.82) is 0 Å². The molecular formula is C12H14N2O2. The predicted molar refractivity (Wildman–Crippen MR) is 61.7 cm³/mol. The Morgan fingerprint density at radius 2 is 2.19 bits per heavy atom. The van der Waals surface area contributed by atoms with Gasteiger partial charge in [-0.05, 0) is 37.9 Å². The van der Waals surface area contributed by atoms with Crippen molar-refractivity contribution < 1.29 is 9.59 Å². The molecule has 4 nitrogen and oxygen atoms in total. The Morgan fingerprint density at radius 1 is 1.44 bits per heavy atom. The molecule has 1 heterocycles. The average Bonchev–Trinajstić information content (AvgIpc) is 2.55. The zero-order valence-corrected chi connectivity index (χ0v) is 9.41. The van der Waals surface area contributed by atoms with E-state index in [2.05, 4.69) is 5.32 Å². The molecule has 0 radical (unpaired) electrons. The number of fused-ring (bicyclic) bond motifs is 1. The van der Waals surface area contributed by atoms with Crippen LogP contribution in [0.25, 0.3) is 0 Å². The Bertz CT molecular complexity index is 452. The molecule has 84 valence electrons. The largest absolute Gasteiger partial charge is 0.326 e. The third-order valence-corrected chi connectivity index (χ3v) is 2.51. The van der Waals surface area contributed by atoms with Crippen LogP contribution in [0.2, 0.25) is 0 Å². The normalized spacial score (nSPS) is 13.8. The third-order valence-electron chi connectivity index (χ3n) is 2.51. The molecule has 0 atom stereocenters. The van der Waals surface area contributed by atoms with Crippen LogP contribution in [0.3, 0.4) is 0 Å². The monoisotopic (exact) mass is 218 g/mol. The maximum Gasteiger partial charge on any atom is 0.228 e. The van der Waals surface area contributed by atoms with E-state index < -0.39 is 0 Å². The molecule has 1 amide bonds. The predicted octanol–water partition coefficient (Wildman–Crippen LogP) is 0.925. The first kappa shape index (κ1) is 10.8. The Hall–Kier alpha value is -1.68. The summed E-state index contributed by atoms with van der Waals surface area (Å²) in [5.74, 6) is 0.0688. The molecule has 0 spiro atoms. The van der Waals surface area contributed by atoms with Crippen LogP contribution in [0.5, 0.6) is 0 Å². The minimum atomic E-state index is -0.00721. The van der Waals surface area contributed by atoms with Crippen molar-refractivity contribution in [3.8, 4) is 0 Å². The highest BCUT2D eigenvalue weighted by molar-refractivity contribution is 6.02. The zero-order valence-electron chi connectivity index (χ0n) is 9.41. The van der Waals surface area contributed by atoms with E-state index in [4.69, 9.17) is 0 Å². The highest BCUT2D eigenvalue weighted by Gasteiger charge is 2.19. The number of Topliss-reactive ketones (excluding diaryl/α,β-unsaturated/α-hetero) is 1. The number of hydrogen-bond acceptors (Lipinski definition) is 3. The van der Waals surface area contributed by atoms with Crippen LogP contribution in [0, 0.1) is 0 Å². The first-order valence-electron chi connectivity index (χ1n) is 5.17. The summed E-state index contributed by atoms with van der Waals surface area (Å²) in [5.41, 5.74) is 2.41. The van der Waals surface area contributed by atoms with Gasteiger partial charge in [0, 0.05) is 11.3 Å². The second-order valence-corrected chi connectivity index (χ2v) is 4.26. The Kier molecular flexibility index (Phi) is 2.75. The fourth-order valence-electron chi connectivity index (χ4n) is 1.78. The lowest BCUT2D eigenvalue weighted by Crippen LogP contribution is -2.21. The van der Waals surface area contributed by atoms with Gasteiger partial charge in [-0.15, -0.1) is 0 Å². The topological polar surface area (TPSA) is 49.4 Å². The number of anilines is 1. The number of hydrogen-bond donors (Lipinski definition) is 1. The molecule has 0 saturated carbocycles. The summed E-state index contributed by atoms with van der Waals surface area (Å²) in [6, 6.07) is 5.36. The van der Waals surface area contributed by atoms with Gasteiger partial charge in [0.15, 0.2) is 5.78 Å². The molecule has 16 heavy (non-hydrogen) atoms. The van der Waals surface area contributed by atoms with E-state index in [0.717, 1.165) is 11.3 Å². The lowest BCUT2D eigenvalue weighted by molar-refractivity contribution is -0.115. The maximum atomic E-state index is 11.8. The molecule has 1 aromatic carbocycles. The number of amides is 1. The van der Waals surface area contributed by atoms with E-state index in [1.165, 1.54) is 0 Å². The fourth-order valence-corrected chi connectivity index (χ4v) is 1.78. The van der Waals surface area contributed by atoms with Crippen LogP contribution in [0.15, 0.2) is 18.2 Å². The van der Waals surface area contributed by atoms with Crippen LogP contribution in [-0.4, -0.2) is 37.2 Å². The van der Waals surface area contributed by atoms with Gasteiger partial charge < -0.3 is 10.2 Å². The van der Waals surface area contributed by atoms with Crippen molar-refractivity contribution in [3.63, 3.8) is 0 Å². The summed E-state index contributed by atoms with van der Waals surface area (Å²) in [6.45, 7) is 0.389. The third kappa shape index (κ3) is 2.12. The maximum absolute atomic E-state index is 11.8. The van der Waals surface area contributed by atoms with Crippen molar-refractivity contribution in [2.45, 2.75) is 6.42 Å². The van der Waals surface area contributed by atoms with E-state index in [1.54, 1.807) is 18.2 Å². The molecule has 4 heteroatoms. The lowest BCUT2D eigenvalue weighted by Gasteiger charge is -2.09. The van der Waals surface area contributed by atoms with Gasteiger partial charge in [0.1, 0.15) is 0 Å². The number of benzene rings is 1. The molecule has 1 aliphatic rings. The summed E-state index contributed by atoms with van der Waals surface area (Å²) in [5, 5.41) is 2.74. The molecule has 0 saturated heterocycles. The summed E-state index contributed by atoms with van der Waals surface area (Å²) < 4.78 is 0. The minimum absolute atomic E-state index is 0.00721. The number of carbonyl (C=O) groups is 2. The standard InChI is InChI=1S/C12H14N2O2/c1-14(2)7-11(15)8-3-4-10-9(5-8)6-12(16)13-10/h3-5H,6-7H2,1-2H3,(H,13,16). The number of ketones is 1. The number of nitrogens with one attached hydrogen (secondary N) is 1. The van der Waals surface area contributed by atoms with Gasteiger partial charge in [0.25, 0.3) is 0 Å². The van der Waals surface area contributed by atoms with Gasteiger partial charge in [-0.1, -0.05) is 0 Å². The summed E-state index contributed by atoms with van der Waals surface area (Å²) in [7, 11) is 3.71. The summed E-state index contributed by atoms with van der Waals surface area (Å²) in [6.07, 6.45) is 0.373. The molecule has 2 rings (SSSR count). The fraction of sp³-hybridized carbons (Fsp3) is 0.333. The van der Waals surface area contributed by atoms with Gasteiger partial charge in [-0.25, -0.2) is 0 Å². The number of nitrogens with zero attached hydrogens (tertiary/aromatic N) is 1. The van der Waals surface area contributed by atoms with Crippen molar-refractivity contribution >= 4 is 17.4 Å². The van der Waals surface area contributed by atoms with E-state index in [1.807, 2.05) is 19.0 Å². The van der Waals surface area contributed by atoms with E-state index in [9.17, 15) is 9.59 Å². The van der Waals surface area contributed by atoms with E-state index >= 15 is 0 Å². The van der Waals surface area contributed by atoms with E-state index in [0.29, 0.717) is 18.5 Å². The van der Waals surface area contributed by atoms with Crippen LogP contribution >= 0.6 is 0 Å². The van der Waals surface area contributed by atoms with Gasteiger partial charge in [-0.3, -0.25) is 9.59 Å². The molecule has 1 aromatic rings. The van der Waals surface area contributed by atoms with Gasteiger partial charge >= 0.3 is 0 Å². The smallest absolute Gasteiger partial charge is 0.228 e. The number of likely N-dealkylation sites (N-methyl/N-ethyl adjacent to an activating group) is 1. The first-order valence-corrected chi connectivity index (χ1v) is 5.17. The Balaban J connectivity index is 2.22. The quantitative estimate of drug-likeness (QED) is 0.768. The molecule has 0 aromatic heterocycles. The number of carbonyl (C=O) groups excluding carboxylic acids is 2. The Labute approximate surface area is 94.2 Å². The van der Waals surface area contributed by atoms with Gasteiger partial charge in [-0.2, -0.15) is 0 Å². The summed E-state index contributed by atoms with van der Waals surface area (Å²) >= 11 is 0. The van der Waals surface area contributed by atoms with Gasteiger partial charge in [0.05, 0.1) is 13.0 Å². The van der Waals surface area contributed by atoms with Crippen LogP contribution in [0.4, 0.5) is 5.69 Å². The minimum Gasteiger partial charge on any atom is -0.326 e. The average molecular weight is 218 g/mol. The Morgan fingerprint density at radius 3 is 2.88 bits per heavy atom. The lowest BCUT2D eigenvalue weighted by atomic mass is 10.1. The molecule has 1 aliphatic heterocycles. The van der Waals surface area contributed by atoms with Crippen LogP contribution in [-0.2, 0) is 11.2 Å². The summed E-state index contributed by atoms with van der Waals surface area (Å²) in [4.78, 5) is 24.8. The molecule has 1 N–H and O–H groups in total. The van der Waals surface area contributed by atoms with Gasteiger partial charge in [0.2, 0.25) is 5.91 Å². The molecule has 0 fully saturated rings. The second-order valence-electron chi connectivity index (χ2n) is 4.26. The van der Waals surface area contributed by atoms with Crippen molar-refractivity contribution in [2.75, 3.05) is 26.0 Å². The van der Waals surface area contributed by atoms with Crippen LogP contribution < -0.4 is 5.32 Å².